The highest BCUT2D eigenvalue weighted by Crippen LogP contribution is 2.33. The Morgan fingerprint density at radius 1 is 1.12 bits per heavy atom. The van der Waals surface area contributed by atoms with Crippen LogP contribution in [-0.2, 0) is 18.4 Å². The van der Waals surface area contributed by atoms with Gasteiger partial charge >= 0.3 is 0 Å². The molecule has 2 aromatic heterocycles. The molecular formula is C25H26N4O3. The van der Waals surface area contributed by atoms with Crippen molar-refractivity contribution in [2.24, 2.45) is 7.05 Å². The fourth-order valence-corrected chi connectivity index (χ4v) is 3.74. The van der Waals surface area contributed by atoms with E-state index in [1.165, 1.54) is 0 Å². The third-order valence-electron chi connectivity index (χ3n) is 5.34. The maximum Gasteiger partial charge on any atom is 0.261 e. The summed E-state index contributed by atoms with van der Waals surface area (Å²) in [6.45, 7) is 4.02. The molecule has 0 spiro atoms. The fraction of sp³-hybridized carbons (Fsp3) is 0.240. The van der Waals surface area contributed by atoms with Crippen LogP contribution in [0.4, 0.5) is 0 Å². The van der Waals surface area contributed by atoms with Gasteiger partial charge in [-0.1, -0.05) is 48.5 Å². The second-order valence-electron chi connectivity index (χ2n) is 7.57. The highest BCUT2D eigenvalue weighted by molar-refractivity contribution is 5.95. The van der Waals surface area contributed by atoms with Gasteiger partial charge in [0.2, 0.25) is 5.88 Å². The zero-order valence-electron chi connectivity index (χ0n) is 18.6. The number of carbonyl (C=O) groups is 1. The van der Waals surface area contributed by atoms with Gasteiger partial charge in [-0.15, -0.1) is 0 Å². The number of methoxy groups -OCH3 is 1. The number of benzene rings is 2. The summed E-state index contributed by atoms with van der Waals surface area (Å²) < 4.78 is 13.0. The summed E-state index contributed by atoms with van der Waals surface area (Å²) in [6, 6.07) is 19.5. The van der Waals surface area contributed by atoms with Crippen LogP contribution in [0.25, 0.3) is 22.2 Å². The summed E-state index contributed by atoms with van der Waals surface area (Å²) in [7, 11) is 3.46. The normalized spacial score (nSPS) is 11.9. The van der Waals surface area contributed by atoms with E-state index in [2.05, 4.69) is 15.4 Å². The first kappa shape index (κ1) is 21.4. The average molecular weight is 431 g/mol. The van der Waals surface area contributed by atoms with Gasteiger partial charge in [0.15, 0.2) is 11.8 Å². The van der Waals surface area contributed by atoms with E-state index < -0.39 is 6.10 Å². The Kier molecular flexibility index (Phi) is 6.07. The molecule has 2 heterocycles. The lowest BCUT2D eigenvalue weighted by atomic mass is 10.0. The van der Waals surface area contributed by atoms with Crippen LogP contribution in [0.3, 0.4) is 0 Å². The highest BCUT2D eigenvalue weighted by Gasteiger charge is 2.20. The molecule has 0 bridgehead atoms. The van der Waals surface area contributed by atoms with Crippen molar-refractivity contribution in [3.8, 4) is 22.8 Å². The quantitative estimate of drug-likeness (QED) is 0.479. The number of aryl methyl sites for hydroxylation is 2. The summed E-state index contributed by atoms with van der Waals surface area (Å²) in [4.78, 5) is 17.3. The van der Waals surface area contributed by atoms with Gasteiger partial charge in [0, 0.05) is 25.2 Å². The molecule has 4 aromatic rings. The molecule has 0 saturated carbocycles. The van der Waals surface area contributed by atoms with Gasteiger partial charge in [-0.05, 0) is 31.0 Å². The zero-order chi connectivity index (χ0) is 22.7. The van der Waals surface area contributed by atoms with Crippen LogP contribution in [0.1, 0.15) is 18.2 Å². The van der Waals surface area contributed by atoms with Crippen LogP contribution in [0, 0.1) is 6.92 Å². The Morgan fingerprint density at radius 2 is 1.84 bits per heavy atom. The molecule has 4 rings (SSSR count). The summed E-state index contributed by atoms with van der Waals surface area (Å²) in [6.07, 6.45) is -0.729. The number of nitrogens with one attached hydrogen (secondary N) is 1. The van der Waals surface area contributed by atoms with Crippen LogP contribution in [0.2, 0.25) is 0 Å². The van der Waals surface area contributed by atoms with Crippen molar-refractivity contribution in [1.29, 1.82) is 0 Å². The van der Waals surface area contributed by atoms with Crippen molar-refractivity contribution in [1.82, 2.24) is 20.1 Å². The summed E-state index contributed by atoms with van der Waals surface area (Å²) >= 11 is 0. The van der Waals surface area contributed by atoms with E-state index in [0.717, 1.165) is 33.5 Å². The molecule has 7 nitrogen and oxygen atoms in total. The van der Waals surface area contributed by atoms with Gasteiger partial charge in [0.05, 0.1) is 18.2 Å². The molecule has 0 saturated heterocycles. The molecule has 0 aliphatic rings. The van der Waals surface area contributed by atoms with Gasteiger partial charge in [0.25, 0.3) is 5.91 Å². The molecule has 7 heteroatoms. The molecule has 1 amide bonds. The van der Waals surface area contributed by atoms with Crippen molar-refractivity contribution < 1.29 is 14.3 Å². The number of hydrogen-bond acceptors (Lipinski definition) is 5. The van der Waals surface area contributed by atoms with Crippen molar-refractivity contribution in [3.63, 3.8) is 0 Å². The van der Waals surface area contributed by atoms with E-state index in [0.29, 0.717) is 18.1 Å². The van der Waals surface area contributed by atoms with Gasteiger partial charge in [-0.3, -0.25) is 9.48 Å². The number of fused-ring (bicyclic) bond motifs is 1. The maximum atomic E-state index is 12.7. The van der Waals surface area contributed by atoms with E-state index in [1.807, 2.05) is 74.6 Å². The third-order valence-corrected chi connectivity index (χ3v) is 5.34. The Hall–Kier alpha value is -3.87. The van der Waals surface area contributed by atoms with Gasteiger partial charge < -0.3 is 14.8 Å². The lowest BCUT2D eigenvalue weighted by molar-refractivity contribution is -0.127. The highest BCUT2D eigenvalue weighted by atomic mass is 16.5. The van der Waals surface area contributed by atoms with Crippen molar-refractivity contribution in [2.45, 2.75) is 26.5 Å². The number of ether oxygens (including phenoxy) is 2. The number of nitrogens with zero attached hydrogens (tertiary/aromatic N) is 3. The smallest absolute Gasteiger partial charge is 0.261 e. The molecule has 32 heavy (non-hydrogen) atoms. The van der Waals surface area contributed by atoms with Crippen LogP contribution in [-0.4, -0.2) is 33.9 Å². The van der Waals surface area contributed by atoms with Crippen LogP contribution in [0.5, 0.6) is 11.6 Å². The molecule has 0 aliphatic carbocycles. The Labute approximate surface area is 187 Å². The number of amides is 1. The molecule has 0 fully saturated rings. The van der Waals surface area contributed by atoms with Crippen LogP contribution in [0.15, 0.2) is 60.7 Å². The minimum atomic E-state index is -0.729. The SMILES string of the molecule is COc1ccccc1CNC(=O)C(C)Oc1cc(-c2ccccc2)c2c(C)nn(C)c2n1. The first-order chi connectivity index (χ1) is 15.5. The molecular weight excluding hydrogens is 404 g/mol. The standard InChI is InChI=1S/C25H26N4O3/c1-16-23-20(18-10-6-5-7-11-18)14-22(27-24(23)29(3)28-16)32-17(2)25(30)26-15-19-12-8-9-13-21(19)31-4/h5-14,17H,15H2,1-4H3,(H,26,30). The second kappa shape index (κ2) is 9.09. The molecule has 0 radical (unpaired) electrons. The predicted molar refractivity (Wildman–Crippen MR) is 124 cm³/mol. The summed E-state index contributed by atoms with van der Waals surface area (Å²) in [5, 5.41) is 8.39. The lowest BCUT2D eigenvalue weighted by Crippen LogP contribution is -2.36. The zero-order valence-corrected chi connectivity index (χ0v) is 18.6. The van der Waals surface area contributed by atoms with E-state index in [-0.39, 0.29) is 5.91 Å². The third kappa shape index (κ3) is 4.27. The Balaban J connectivity index is 1.57. The number of pyridine rings is 1. The van der Waals surface area contributed by atoms with Crippen molar-refractivity contribution in [3.05, 3.63) is 71.9 Å². The largest absolute Gasteiger partial charge is 0.496 e. The van der Waals surface area contributed by atoms with Crippen LogP contribution < -0.4 is 14.8 Å². The average Bonchev–Trinajstić information content (AvgIpc) is 3.10. The molecule has 2 aromatic carbocycles. The number of para-hydroxylation sites is 1. The number of rotatable bonds is 7. The lowest BCUT2D eigenvalue weighted by Gasteiger charge is -2.16. The van der Waals surface area contributed by atoms with E-state index >= 15 is 0 Å². The first-order valence-corrected chi connectivity index (χ1v) is 10.4. The number of carbonyl (C=O) groups excluding carboxylic acids is 1. The van der Waals surface area contributed by atoms with Gasteiger partial charge in [-0.2, -0.15) is 10.1 Å². The summed E-state index contributed by atoms with van der Waals surface area (Å²) in [5.74, 6) is 0.868. The Bertz CT molecular complexity index is 1250. The Morgan fingerprint density at radius 3 is 2.59 bits per heavy atom. The predicted octanol–water partition coefficient (Wildman–Crippen LogP) is 4.04. The molecule has 0 aliphatic heterocycles. The molecule has 1 N–H and O–H groups in total. The van der Waals surface area contributed by atoms with E-state index in [9.17, 15) is 4.79 Å². The van der Waals surface area contributed by atoms with E-state index in [4.69, 9.17) is 9.47 Å². The molecule has 164 valence electrons. The van der Waals surface area contributed by atoms with Gasteiger partial charge in [-0.25, -0.2) is 0 Å². The van der Waals surface area contributed by atoms with Crippen molar-refractivity contribution in [2.75, 3.05) is 7.11 Å². The first-order valence-electron chi connectivity index (χ1n) is 10.4. The topological polar surface area (TPSA) is 78.3 Å². The molecule has 1 unspecified atom stereocenters. The maximum absolute atomic E-state index is 12.7. The monoisotopic (exact) mass is 430 g/mol. The minimum Gasteiger partial charge on any atom is -0.496 e. The van der Waals surface area contributed by atoms with Crippen molar-refractivity contribution >= 4 is 16.9 Å². The number of hydrogen-bond donors (Lipinski definition) is 1. The second-order valence-corrected chi connectivity index (χ2v) is 7.57. The van der Waals surface area contributed by atoms with Crippen LogP contribution >= 0.6 is 0 Å². The number of aromatic nitrogens is 3. The van der Waals surface area contributed by atoms with Gasteiger partial charge in [0.1, 0.15) is 5.75 Å². The fourth-order valence-electron chi connectivity index (χ4n) is 3.74. The molecule has 1 atom stereocenters. The summed E-state index contributed by atoms with van der Waals surface area (Å²) in [5.41, 5.74) is 4.50. The van der Waals surface area contributed by atoms with E-state index in [1.54, 1.807) is 18.7 Å². The minimum absolute atomic E-state index is 0.236.